The minimum absolute atomic E-state index is 0.0939. The lowest BCUT2D eigenvalue weighted by molar-refractivity contribution is -0.384. The number of rotatable bonds is 3. The Bertz CT molecular complexity index is 1340. The Hall–Kier alpha value is -2.97. The lowest BCUT2D eigenvalue weighted by atomic mass is 9.97. The first kappa shape index (κ1) is 18.1. The number of aromatic amines is 1. The topological polar surface area (TPSA) is 102 Å². The van der Waals surface area contributed by atoms with Crippen LogP contribution in [0.15, 0.2) is 39.5 Å². The van der Waals surface area contributed by atoms with Crippen LogP contribution >= 0.6 is 22.9 Å². The highest BCUT2D eigenvalue weighted by atomic mass is 35.5. The van der Waals surface area contributed by atoms with E-state index in [0.29, 0.717) is 28.3 Å². The molecule has 0 saturated heterocycles. The van der Waals surface area contributed by atoms with Crippen LogP contribution in [0.1, 0.15) is 23.3 Å². The van der Waals surface area contributed by atoms with Crippen molar-refractivity contribution in [1.82, 2.24) is 9.97 Å². The molecule has 0 unspecified atom stereocenters. The van der Waals surface area contributed by atoms with Gasteiger partial charge in [-0.2, -0.15) is 0 Å². The van der Waals surface area contributed by atoms with E-state index in [0.717, 1.165) is 36.1 Å². The molecule has 0 amide bonds. The Labute approximate surface area is 173 Å². The van der Waals surface area contributed by atoms with Gasteiger partial charge in [0.05, 0.1) is 15.3 Å². The molecule has 7 nitrogen and oxygen atoms in total. The summed E-state index contributed by atoms with van der Waals surface area (Å²) in [6, 6.07) is 7.58. The van der Waals surface area contributed by atoms with E-state index in [1.807, 2.05) is 0 Å². The molecule has 3 heterocycles. The van der Waals surface area contributed by atoms with Crippen molar-refractivity contribution in [2.24, 2.45) is 0 Å². The second kappa shape index (κ2) is 6.82. The van der Waals surface area contributed by atoms with Crippen LogP contribution in [0.2, 0.25) is 5.02 Å². The Morgan fingerprint density at radius 1 is 1.17 bits per heavy atom. The van der Waals surface area contributed by atoms with Crippen LogP contribution in [0, 0.1) is 10.1 Å². The number of thiophene rings is 1. The smallest absolute Gasteiger partial charge is 0.270 e. The number of nitrogens with one attached hydrogen (secondary N) is 1. The number of H-pyrrole nitrogens is 1. The van der Waals surface area contributed by atoms with E-state index in [2.05, 4.69) is 9.97 Å². The lowest BCUT2D eigenvalue weighted by Crippen LogP contribution is -2.11. The van der Waals surface area contributed by atoms with Crippen molar-refractivity contribution in [3.63, 3.8) is 0 Å². The normalized spacial score (nSPS) is 13.6. The van der Waals surface area contributed by atoms with E-state index in [1.54, 1.807) is 23.5 Å². The number of nitro groups is 1. The van der Waals surface area contributed by atoms with Gasteiger partial charge in [-0.25, -0.2) is 4.98 Å². The summed E-state index contributed by atoms with van der Waals surface area (Å²) in [5.74, 6) is 1.19. The third-order valence-corrected chi connectivity index (χ3v) is 6.59. The number of aromatic nitrogens is 2. The van der Waals surface area contributed by atoms with Crippen molar-refractivity contribution >= 4 is 38.8 Å². The van der Waals surface area contributed by atoms with Gasteiger partial charge in [-0.05, 0) is 49.4 Å². The summed E-state index contributed by atoms with van der Waals surface area (Å²) >= 11 is 7.76. The fourth-order valence-electron chi connectivity index (χ4n) is 3.71. The van der Waals surface area contributed by atoms with Gasteiger partial charge in [0.1, 0.15) is 10.6 Å². The molecular weight excluding hydrogens is 414 g/mol. The zero-order valence-corrected chi connectivity index (χ0v) is 16.6. The molecular formula is C20H14ClN3O4S. The quantitative estimate of drug-likeness (QED) is 0.350. The van der Waals surface area contributed by atoms with Gasteiger partial charge in [0.25, 0.3) is 11.2 Å². The molecule has 29 heavy (non-hydrogen) atoms. The van der Waals surface area contributed by atoms with Crippen LogP contribution in [0.5, 0.6) is 0 Å². The highest BCUT2D eigenvalue weighted by Crippen LogP contribution is 2.36. The largest absolute Gasteiger partial charge is 0.453 e. The standard InChI is InChI=1S/C20H14ClN3O4S/c21-13-9-10(24(26)27)5-6-11(13)14-7-8-15(28-14)18-22-19(25)17-12-3-1-2-4-16(12)29-20(17)23-18/h5-9H,1-4H2,(H,22,23,25). The van der Waals surface area contributed by atoms with Crippen molar-refractivity contribution < 1.29 is 9.34 Å². The number of fused-ring (bicyclic) bond motifs is 3. The van der Waals surface area contributed by atoms with Gasteiger partial charge in [-0.1, -0.05) is 11.6 Å². The van der Waals surface area contributed by atoms with Crippen LogP contribution in [0.25, 0.3) is 33.1 Å². The second-order valence-corrected chi connectivity index (χ2v) is 8.38. The molecule has 0 spiro atoms. The number of nitro benzene ring substituents is 1. The molecule has 0 aliphatic heterocycles. The number of non-ortho nitro benzene ring substituents is 1. The molecule has 0 radical (unpaired) electrons. The number of hydrogen-bond acceptors (Lipinski definition) is 6. The zero-order chi connectivity index (χ0) is 20.1. The van der Waals surface area contributed by atoms with E-state index in [4.69, 9.17) is 16.0 Å². The summed E-state index contributed by atoms with van der Waals surface area (Å²) in [6.45, 7) is 0. The van der Waals surface area contributed by atoms with Gasteiger partial charge in [0.2, 0.25) is 0 Å². The molecule has 0 fully saturated rings. The SMILES string of the molecule is O=c1[nH]c(-c2ccc(-c3ccc([N+](=O)[O-])cc3Cl)o2)nc2sc3c(c12)CCCC3. The van der Waals surface area contributed by atoms with E-state index >= 15 is 0 Å². The summed E-state index contributed by atoms with van der Waals surface area (Å²) in [6.07, 6.45) is 4.15. The molecule has 0 saturated carbocycles. The third-order valence-electron chi connectivity index (χ3n) is 5.09. The summed E-state index contributed by atoms with van der Waals surface area (Å²) in [7, 11) is 0. The van der Waals surface area contributed by atoms with Gasteiger partial charge in [0.15, 0.2) is 11.6 Å². The minimum atomic E-state index is -0.506. The first-order chi connectivity index (χ1) is 14.0. The Kier molecular flexibility index (Phi) is 4.25. The number of benzene rings is 1. The van der Waals surface area contributed by atoms with E-state index in [9.17, 15) is 14.9 Å². The fourth-order valence-corrected chi connectivity index (χ4v) is 5.24. The Morgan fingerprint density at radius 2 is 1.97 bits per heavy atom. The Balaban J connectivity index is 1.56. The highest BCUT2D eigenvalue weighted by Gasteiger charge is 2.21. The minimum Gasteiger partial charge on any atom is -0.453 e. The van der Waals surface area contributed by atoms with Gasteiger partial charge in [-0.3, -0.25) is 14.9 Å². The van der Waals surface area contributed by atoms with E-state index in [1.165, 1.54) is 23.1 Å². The second-order valence-electron chi connectivity index (χ2n) is 6.89. The summed E-state index contributed by atoms with van der Waals surface area (Å²) in [5, 5.41) is 11.8. The maximum absolute atomic E-state index is 12.7. The van der Waals surface area contributed by atoms with Gasteiger partial charge < -0.3 is 9.40 Å². The summed E-state index contributed by atoms with van der Waals surface area (Å²) in [5.41, 5.74) is 1.41. The van der Waals surface area contributed by atoms with Crippen molar-refractivity contribution in [2.45, 2.75) is 25.7 Å². The van der Waals surface area contributed by atoms with Crippen molar-refractivity contribution in [3.8, 4) is 22.9 Å². The van der Waals surface area contributed by atoms with Crippen LogP contribution < -0.4 is 5.56 Å². The monoisotopic (exact) mass is 427 g/mol. The molecule has 3 aromatic heterocycles. The molecule has 146 valence electrons. The van der Waals surface area contributed by atoms with Crippen LogP contribution in [0.4, 0.5) is 5.69 Å². The number of halogens is 1. The summed E-state index contributed by atoms with van der Waals surface area (Å²) < 4.78 is 5.86. The molecule has 1 N–H and O–H groups in total. The highest BCUT2D eigenvalue weighted by molar-refractivity contribution is 7.18. The number of furan rings is 1. The lowest BCUT2D eigenvalue weighted by Gasteiger charge is -2.09. The van der Waals surface area contributed by atoms with E-state index in [-0.39, 0.29) is 16.3 Å². The van der Waals surface area contributed by atoms with Gasteiger partial charge in [0, 0.05) is 22.6 Å². The van der Waals surface area contributed by atoms with E-state index < -0.39 is 4.92 Å². The molecule has 5 rings (SSSR count). The first-order valence-corrected chi connectivity index (χ1v) is 10.3. The Morgan fingerprint density at radius 3 is 2.76 bits per heavy atom. The van der Waals surface area contributed by atoms with Crippen molar-refractivity contribution in [3.05, 3.63) is 66.3 Å². The molecule has 0 bridgehead atoms. The van der Waals surface area contributed by atoms with Gasteiger partial charge in [-0.15, -0.1) is 11.3 Å². The summed E-state index contributed by atoms with van der Waals surface area (Å²) in [4.78, 5) is 32.5. The number of hydrogen-bond donors (Lipinski definition) is 1. The van der Waals surface area contributed by atoms with Gasteiger partial charge >= 0.3 is 0 Å². The zero-order valence-electron chi connectivity index (χ0n) is 15.0. The average molecular weight is 428 g/mol. The van der Waals surface area contributed by atoms with Crippen LogP contribution in [-0.4, -0.2) is 14.9 Å². The number of nitrogens with zero attached hydrogens (tertiary/aromatic N) is 2. The van der Waals surface area contributed by atoms with Crippen molar-refractivity contribution in [1.29, 1.82) is 0 Å². The maximum Gasteiger partial charge on any atom is 0.270 e. The molecule has 0 atom stereocenters. The van der Waals surface area contributed by atoms with Crippen molar-refractivity contribution in [2.75, 3.05) is 0 Å². The molecule has 1 aliphatic rings. The first-order valence-electron chi connectivity index (χ1n) is 9.10. The fraction of sp³-hybridized carbons (Fsp3) is 0.200. The van der Waals surface area contributed by atoms with Crippen LogP contribution in [-0.2, 0) is 12.8 Å². The van der Waals surface area contributed by atoms with Crippen LogP contribution in [0.3, 0.4) is 0 Å². The average Bonchev–Trinajstić information content (AvgIpc) is 3.32. The predicted molar refractivity (Wildman–Crippen MR) is 112 cm³/mol. The molecule has 1 aliphatic carbocycles. The maximum atomic E-state index is 12.7. The number of aryl methyl sites for hydroxylation is 2. The molecule has 9 heteroatoms. The molecule has 1 aromatic carbocycles. The predicted octanol–water partition coefficient (Wildman–Crippen LogP) is 5.35. The molecule has 4 aromatic rings. The third kappa shape index (κ3) is 3.04.